The van der Waals surface area contributed by atoms with Gasteiger partial charge in [0.2, 0.25) is 0 Å². The zero-order chi connectivity index (χ0) is 19.4. The van der Waals surface area contributed by atoms with E-state index in [0.29, 0.717) is 21.2 Å². The SMILES string of the molecule is COC(=O)[C@@H](Cc1ccc(Cl)cc1Cl)NC(=O)c1ccc2ccccc2c1. The van der Waals surface area contributed by atoms with Gasteiger partial charge in [-0.05, 0) is 40.6 Å². The smallest absolute Gasteiger partial charge is 0.328 e. The van der Waals surface area contributed by atoms with Crippen LogP contribution in [0.5, 0.6) is 0 Å². The molecule has 0 aromatic heterocycles. The number of ether oxygens (including phenoxy) is 1. The average molecular weight is 402 g/mol. The summed E-state index contributed by atoms with van der Waals surface area (Å²) in [6.45, 7) is 0. The number of hydrogen-bond donors (Lipinski definition) is 1. The largest absolute Gasteiger partial charge is 0.467 e. The van der Waals surface area contributed by atoms with Gasteiger partial charge in [-0.25, -0.2) is 4.79 Å². The van der Waals surface area contributed by atoms with E-state index in [1.165, 1.54) is 7.11 Å². The quantitative estimate of drug-likeness (QED) is 0.632. The van der Waals surface area contributed by atoms with Gasteiger partial charge in [0.05, 0.1) is 7.11 Å². The molecule has 0 spiro atoms. The van der Waals surface area contributed by atoms with Crippen LogP contribution in [0, 0.1) is 0 Å². The number of carbonyl (C=O) groups is 2. The van der Waals surface area contributed by atoms with Crippen LogP contribution in [0.1, 0.15) is 15.9 Å². The first kappa shape index (κ1) is 19.2. The summed E-state index contributed by atoms with van der Waals surface area (Å²) in [6.07, 6.45) is 0.196. The number of carbonyl (C=O) groups excluding carboxylic acids is 2. The molecule has 0 saturated heterocycles. The lowest BCUT2D eigenvalue weighted by Gasteiger charge is -2.17. The molecule has 0 aliphatic rings. The van der Waals surface area contributed by atoms with Crippen LogP contribution in [0.4, 0.5) is 0 Å². The third-order valence-electron chi connectivity index (χ3n) is 4.24. The first-order chi connectivity index (χ1) is 13.0. The van der Waals surface area contributed by atoms with Gasteiger partial charge in [0.1, 0.15) is 6.04 Å². The predicted molar refractivity (Wildman–Crippen MR) is 107 cm³/mol. The van der Waals surface area contributed by atoms with Gasteiger partial charge in [-0.1, -0.05) is 59.6 Å². The fourth-order valence-electron chi connectivity index (χ4n) is 2.81. The second-order valence-electron chi connectivity index (χ2n) is 6.05. The van der Waals surface area contributed by atoms with Gasteiger partial charge < -0.3 is 10.1 Å². The Morgan fingerprint density at radius 2 is 1.74 bits per heavy atom. The van der Waals surface area contributed by atoms with Crippen molar-refractivity contribution >= 4 is 45.9 Å². The molecule has 3 rings (SSSR count). The molecule has 0 bridgehead atoms. The number of fused-ring (bicyclic) bond motifs is 1. The molecule has 1 amide bonds. The number of methoxy groups -OCH3 is 1. The molecule has 1 N–H and O–H groups in total. The number of nitrogens with one attached hydrogen (secondary N) is 1. The van der Waals surface area contributed by atoms with Gasteiger partial charge in [0.15, 0.2) is 0 Å². The lowest BCUT2D eigenvalue weighted by Crippen LogP contribution is -2.43. The lowest BCUT2D eigenvalue weighted by atomic mass is 10.0. The average Bonchev–Trinajstić information content (AvgIpc) is 2.68. The second-order valence-corrected chi connectivity index (χ2v) is 6.89. The molecule has 0 aliphatic carbocycles. The molecule has 6 heteroatoms. The van der Waals surface area contributed by atoms with Crippen molar-refractivity contribution in [3.63, 3.8) is 0 Å². The highest BCUT2D eigenvalue weighted by atomic mass is 35.5. The minimum atomic E-state index is -0.868. The van der Waals surface area contributed by atoms with Crippen molar-refractivity contribution in [3.8, 4) is 0 Å². The molecule has 0 aliphatic heterocycles. The zero-order valence-electron chi connectivity index (χ0n) is 14.5. The standard InChI is InChI=1S/C21H17Cl2NO3/c1-27-21(26)19(11-15-8-9-17(22)12-18(15)23)24-20(25)16-7-6-13-4-2-3-5-14(13)10-16/h2-10,12,19H,11H2,1H3,(H,24,25)/t19-/m1/s1. The number of halogens is 2. The second kappa shape index (κ2) is 8.42. The Morgan fingerprint density at radius 1 is 1.00 bits per heavy atom. The topological polar surface area (TPSA) is 55.4 Å². The number of amides is 1. The maximum Gasteiger partial charge on any atom is 0.328 e. The summed E-state index contributed by atoms with van der Waals surface area (Å²) in [7, 11) is 1.28. The van der Waals surface area contributed by atoms with Gasteiger partial charge in [0, 0.05) is 22.0 Å². The molecule has 138 valence electrons. The summed E-state index contributed by atoms with van der Waals surface area (Å²) in [4.78, 5) is 24.8. The van der Waals surface area contributed by atoms with Crippen LogP contribution < -0.4 is 5.32 Å². The highest BCUT2D eigenvalue weighted by Gasteiger charge is 2.23. The molecule has 0 fully saturated rings. The Hall–Kier alpha value is -2.56. The predicted octanol–water partition coefficient (Wildman–Crippen LogP) is 4.66. The van der Waals surface area contributed by atoms with Crippen molar-refractivity contribution in [2.24, 2.45) is 0 Å². The van der Waals surface area contributed by atoms with Gasteiger partial charge in [0.25, 0.3) is 5.91 Å². The first-order valence-electron chi connectivity index (χ1n) is 8.29. The molecular formula is C21H17Cl2NO3. The molecular weight excluding hydrogens is 385 g/mol. The normalized spacial score (nSPS) is 11.8. The van der Waals surface area contributed by atoms with E-state index in [-0.39, 0.29) is 12.3 Å². The van der Waals surface area contributed by atoms with Crippen LogP contribution in [0.2, 0.25) is 10.0 Å². The molecule has 4 nitrogen and oxygen atoms in total. The highest BCUT2D eigenvalue weighted by Crippen LogP contribution is 2.22. The van der Waals surface area contributed by atoms with Gasteiger partial charge in [-0.15, -0.1) is 0 Å². The fraction of sp³-hybridized carbons (Fsp3) is 0.143. The first-order valence-corrected chi connectivity index (χ1v) is 9.05. The van der Waals surface area contributed by atoms with Crippen LogP contribution in [-0.4, -0.2) is 25.0 Å². The summed E-state index contributed by atoms with van der Waals surface area (Å²) < 4.78 is 4.83. The summed E-state index contributed by atoms with van der Waals surface area (Å²) in [5.74, 6) is -0.906. The maximum absolute atomic E-state index is 12.7. The Bertz CT molecular complexity index is 1000. The van der Waals surface area contributed by atoms with Gasteiger partial charge in [-0.2, -0.15) is 0 Å². The summed E-state index contributed by atoms with van der Waals surface area (Å²) in [6, 6.07) is 17.3. The van der Waals surface area contributed by atoms with Gasteiger partial charge in [-0.3, -0.25) is 4.79 Å². The Balaban J connectivity index is 1.82. The molecule has 27 heavy (non-hydrogen) atoms. The van der Waals surface area contributed by atoms with E-state index in [9.17, 15) is 9.59 Å². The van der Waals surface area contributed by atoms with E-state index in [4.69, 9.17) is 27.9 Å². The Kier molecular flexibility index (Phi) is 5.99. The van der Waals surface area contributed by atoms with E-state index in [2.05, 4.69) is 5.32 Å². The molecule has 0 radical (unpaired) electrons. The van der Waals surface area contributed by atoms with E-state index in [1.54, 1.807) is 30.3 Å². The third kappa shape index (κ3) is 4.59. The third-order valence-corrected chi connectivity index (χ3v) is 4.83. The van der Waals surface area contributed by atoms with Crippen LogP contribution in [0.3, 0.4) is 0 Å². The van der Waals surface area contributed by atoms with Crippen molar-refractivity contribution < 1.29 is 14.3 Å². The molecule has 3 aromatic rings. The number of rotatable bonds is 5. The van der Waals surface area contributed by atoms with Crippen molar-refractivity contribution in [1.82, 2.24) is 5.32 Å². The Morgan fingerprint density at radius 3 is 2.44 bits per heavy atom. The van der Waals surface area contributed by atoms with E-state index in [0.717, 1.165) is 10.8 Å². The van der Waals surface area contributed by atoms with Crippen LogP contribution in [-0.2, 0) is 16.0 Å². The monoisotopic (exact) mass is 401 g/mol. The fourth-order valence-corrected chi connectivity index (χ4v) is 3.30. The van der Waals surface area contributed by atoms with E-state index < -0.39 is 12.0 Å². The lowest BCUT2D eigenvalue weighted by molar-refractivity contribution is -0.142. The van der Waals surface area contributed by atoms with Crippen molar-refractivity contribution in [2.75, 3.05) is 7.11 Å². The van der Waals surface area contributed by atoms with E-state index >= 15 is 0 Å². The Labute approximate surface area is 167 Å². The van der Waals surface area contributed by atoms with Crippen LogP contribution >= 0.6 is 23.2 Å². The molecule has 0 unspecified atom stereocenters. The van der Waals surface area contributed by atoms with Crippen LogP contribution in [0.15, 0.2) is 60.7 Å². The highest BCUT2D eigenvalue weighted by molar-refractivity contribution is 6.35. The minimum absolute atomic E-state index is 0.196. The minimum Gasteiger partial charge on any atom is -0.467 e. The number of esters is 1. The van der Waals surface area contributed by atoms with Gasteiger partial charge >= 0.3 is 5.97 Å². The summed E-state index contributed by atoms with van der Waals surface area (Å²) >= 11 is 12.1. The maximum atomic E-state index is 12.7. The molecule has 0 heterocycles. The van der Waals surface area contributed by atoms with Crippen molar-refractivity contribution in [2.45, 2.75) is 12.5 Å². The van der Waals surface area contributed by atoms with E-state index in [1.807, 2.05) is 30.3 Å². The van der Waals surface area contributed by atoms with Crippen LogP contribution in [0.25, 0.3) is 10.8 Å². The van der Waals surface area contributed by atoms with Crippen molar-refractivity contribution in [3.05, 3.63) is 81.8 Å². The van der Waals surface area contributed by atoms with Crippen molar-refractivity contribution in [1.29, 1.82) is 0 Å². The summed E-state index contributed by atoms with van der Waals surface area (Å²) in [5.41, 5.74) is 1.15. The molecule has 3 aromatic carbocycles. The summed E-state index contributed by atoms with van der Waals surface area (Å²) in [5, 5.41) is 5.64. The number of hydrogen-bond acceptors (Lipinski definition) is 3. The molecule has 0 saturated carbocycles. The zero-order valence-corrected chi connectivity index (χ0v) is 16.1. The molecule has 1 atom stereocenters. The number of benzene rings is 3.